The van der Waals surface area contributed by atoms with Crippen LogP contribution in [0.3, 0.4) is 0 Å². The number of sulfonamides is 1. The summed E-state index contributed by atoms with van der Waals surface area (Å²) in [5, 5.41) is 11.2. The SMILES string of the molecule is COC(=O)CNC(=O)C1CCCN1S(=O)(=O)c1ccccc1.Cc1ccc(O)cc1. The number of amides is 1. The van der Waals surface area contributed by atoms with Gasteiger partial charge in [-0.1, -0.05) is 35.9 Å². The number of esters is 1. The van der Waals surface area contributed by atoms with Crippen LogP contribution in [0.1, 0.15) is 18.4 Å². The normalized spacial score (nSPS) is 16.3. The molecule has 1 atom stereocenters. The summed E-state index contributed by atoms with van der Waals surface area (Å²) in [6.07, 6.45) is 1.03. The van der Waals surface area contributed by atoms with Crippen molar-refractivity contribution in [2.24, 2.45) is 0 Å². The Morgan fingerprint density at radius 1 is 1.13 bits per heavy atom. The van der Waals surface area contributed by atoms with Gasteiger partial charge in [-0.15, -0.1) is 0 Å². The molecule has 9 heteroatoms. The van der Waals surface area contributed by atoms with Gasteiger partial charge in [-0.3, -0.25) is 9.59 Å². The number of rotatable bonds is 5. The van der Waals surface area contributed by atoms with Gasteiger partial charge >= 0.3 is 5.97 Å². The number of carbonyl (C=O) groups excluding carboxylic acids is 2. The molecule has 1 aliphatic rings. The molecule has 3 rings (SSSR count). The molecule has 30 heavy (non-hydrogen) atoms. The molecule has 2 N–H and O–H groups in total. The van der Waals surface area contributed by atoms with Crippen LogP contribution in [0.5, 0.6) is 5.75 Å². The quantitative estimate of drug-likeness (QED) is 0.694. The second-order valence-corrected chi connectivity index (χ2v) is 8.61. The number of nitrogens with zero attached hydrogens (tertiary/aromatic N) is 1. The monoisotopic (exact) mass is 434 g/mol. The van der Waals surface area contributed by atoms with Crippen molar-refractivity contribution in [1.29, 1.82) is 0 Å². The van der Waals surface area contributed by atoms with Gasteiger partial charge in [-0.05, 0) is 44.0 Å². The van der Waals surface area contributed by atoms with Gasteiger partial charge in [0.2, 0.25) is 15.9 Å². The number of nitrogens with one attached hydrogen (secondary N) is 1. The summed E-state index contributed by atoms with van der Waals surface area (Å²) in [5.41, 5.74) is 1.17. The topological polar surface area (TPSA) is 113 Å². The number of phenolic OH excluding ortho intramolecular Hbond substituents is 1. The smallest absolute Gasteiger partial charge is 0.325 e. The Morgan fingerprint density at radius 3 is 2.33 bits per heavy atom. The number of benzene rings is 2. The van der Waals surface area contributed by atoms with E-state index >= 15 is 0 Å². The van der Waals surface area contributed by atoms with Crippen LogP contribution < -0.4 is 5.32 Å². The molecule has 162 valence electrons. The second-order valence-electron chi connectivity index (χ2n) is 6.72. The van der Waals surface area contributed by atoms with Gasteiger partial charge in [0, 0.05) is 6.54 Å². The Bertz CT molecular complexity index is 924. The highest BCUT2D eigenvalue weighted by Crippen LogP contribution is 2.26. The summed E-state index contributed by atoms with van der Waals surface area (Å²) in [4.78, 5) is 23.3. The number of phenols is 1. The van der Waals surface area contributed by atoms with Crippen LogP contribution in [-0.2, 0) is 24.3 Å². The van der Waals surface area contributed by atoms with Crippen LogP contribution in [0.15, 0.2) is 59.5 Å². The molecule has 1 unspecified atom stereocenters. The summed E-state index contributed by atoms with van der Waals surface area (Å²) in [5.74, 6) is -0.734. The molecule has 1 fully saturated rings. The van der Waals surface area contributed by atoms with E-state index in [2.05, 4.69) is 10.1 Å². The highest BCUT2D eigenvalue weighted by molar-refractivity contribution is 7.89. The maximum absolute atomic E-state index is 12.6. The minimum absolute atomic E-state index is 0.155. The molecule has 1 amide bonds. The van der Waals surface area contributed by atoms with E-state index in [0.29, 0.717) is 18.6 Å². The summed E-state index contributed by atoms with van der Waals surface area (Å²) in [6.45, 7) is 2.00. The second kappa shape index (κ2) is 10.7. The molecule has 0 radical (unpaired) electrons. The number of hydrogen-bond donors (Lipinski definition) is 2. The van der Waals surface area contributed by atoms with Gasteiger partial charge in [0.25, 0.3) is 0 Å². The van der Waals surface area contributed by atoms with Crippen LogP contribution in [0.25, 0.3) is 0 Å². The standard InChI is InChI=1S/C14H18N2O5S.C7H8O/c1-21-13(17)10-15-14(18)12-8-5-9-16(12)22(19,20)11-6-3-2-4-7-11;1-6-2-4-7(8)5-3-6/h2-4,6-7,12H,5,8-10H2,1H3,(H,15,18);2-5,8H,1H3. The van der Waals surface area contributed by atoms with Crippen LogP contribution >= 0.6 is 0 Å². The molecule has 0 saturated carbocycles. The van der Waals surface area contributed by atoms with Crippen molar-refractivity contribution in [3.05, 3.63) is 60.2 Å². The van der Waals surface area contributed by atoms with E-state index in [1.54, 1.807) is 30.3 Å². The molecule has 1 heterocycles. The summed E-state index contributed by atoms with van der Waals surface area (Å²) < 4.78 is 30.8. The molecule has 2 aromatic rings. The number of carbonyl (C=O) groups is 2. The third kappa shape index (κ3) is 6.30. The van der Waals surface area contributed by atoms with Crippen LogP contribution in [0, 0.1) is 6.92 Å². The highest BCUT2D eigenvalue weighted by atomic mass is 32.2. The lowest BCUT2D eigenvalue weighted by molar-refractivity contribution is -0.141. The van der Waals surface area contributed by atoms with Gasteiger partial charge in [0.15, 0.2) is 0 Å². The number of hydrogen-bond acceptors (Lipinski definition) is 6. The van der Waals surface area contributed by atoms with Crippen molar-refractivity contribution in [2.45, 2.75) is 30.7 Å². The number of aromatic hydroxyl groups is 1. The molecule has 0 aliphatic carbocycles. The minimum Gasteiger partial charge on any atom is -0.508 e. The fourth-order valence-electron chi connectivity index (χ4n) is 2.91. The average molecular weight is 435 g/mol. The molecule has 0 bridgehead atoms. The molecule has 0 spiro atoms. The maximum atomic E-state index is 12.6. The first-order valence-corrected chi connectivity index (χ1v) is 10.9. The summed E-state index contributed by atoms with van der Waals surface area (Å²) in [7, 11) is -2.50. The molecule has 2 aromatic carbocycles. The van der Waals surface area contributed by atoms with E-state index in [0.717, 1.165) is 0 Å². The van der Waals surface area contributed by atoms with Crippen LogP contribution in [0.2, 0.25) is 0 Å². The first-order valence-electron chi connectivity index (χ1n) is 9.42. The Kier molecular flexibility index (Phi) is 8.37. The molecule has 8 nitrogen and oxygen atoms in total. The highest BCUT2D eigenvalue weighted by Gasteiger charge is 2.39. The molecule has 0 aromatic heterocycles. The van der Waals surface area contributed by atoms with Crippen molar-refractivity contribution in [3.63, 3.8) is 0 Å². The number of methoxy groups -OCH3 is 1. The van der Waals surface area contributed by atoms with Gasteiger partial charge < -0.3 is 15.2 Å². The van der Waals surface area contributed by atoms with Gasteiger partial charge in [-0.25, -0.2) is 8.42 Å². The first-order chi connectivity index (χ1) is 14.3. The van der Waals surface area contributed by atoms with Crippen molar-refractivity contribution in [2.75, 3.05) is 20.2 Å². The zero-order valence-corrected chi connectivity index (χ0v) is 17.8. The Hall–Kier alpha value is -2.91. The lowest BCUT2D eigenvalue weighted by Crippen LogP contribution is -2.47. The fourth-order valence-corrected chi connectivity index (χ4v) is 4.59. The van der Waals surface area contributed by atoms with Crippen LogP contribution in [-0.4, -0.2) is 55.9 Å². The summed E-state index contributed by atoms with van der Waals surface area (Å²) in [6, 6.07) is 14.3. The predicted octanol–water partition coefficient (Wildman–Crippen LogP) is 1.83. The largest absolute Gasteiger partial charge is 0.508 e. The van der Waals surface area contributed by atoms with Crippen molar-refractivity contribution < 1.29 is 27.9 Å². The predicted molar refractivity (Wildman–Crippen MR) is 111 cm³/mol. The van der Waals surface area contributed by atoms with E-state index in [4.69, 9.17) is 5.11 Å². The molecular weight excluding hydrogens is 408 g/mol. The van der Waals surface area contributed by atoms with Crippen molar-refractivity contribution in [1.82, 2.24) is 9.62 Å². The van der Waals surface area contributed by atoms with Gasteiger partial charge in [0.05, 0.1) is 12.0 Å². The zero-order chi connectivity index (χ0) is 22.1. The molecular formula is C21H26N2O6S. The average Bonchev–Trinajstić information content (AvgIpc) is 3.26. The zero-order valence-electron chi connectivity index (χ0n) is 16.9. The Morgan fingerprint density at radius 2 is 1.77 bits per heavy atom. The van der Waals surface area contributed by atoms with E-state index in [1.807, 2.05) is 19.1 Å². The minimum atomic E-state index is -3.72. The van der Waals surface area contributed by atoms with Gasteiger partial charge in [0.1, 0.15) is 18.3 Å². The Labute approximate surface area is 176 Å². The lowest BCUT2D eigenvalue weighted by Gasteiger charge is -2.23. The number of aryl methyl sites for hydroxylation is 1. The summed E-state index contributed by atoms with van der Waals surface area (Å²) >= 11 is 0. The van der Waals surface area contributed by atoms with Gasteiger partial charge in [-0.2, -0.15) is 4.31 Å². The van der Waals surface area contributed by atoms with Crippen molar-refractivity contribution >= 4 is 21.9 Å². The fraction of sp³-hybridized carbons (Fsp3) is 0.333. The first kappa shape index (κ1) is 23.4. The van der Waals surface area contributed by atoms with Crippen LogP contribution in [0.4, 0.5) is 0 Å². The van der Waals surface area contributed by atoms with E-state index in [-0.39, 0.29) is 18.0 Å². The Balaban J connectivity index is 0.000000335. The molecule has 1 aliphatic heterocycles. The molecule has 1 saturated heterocycles. The third-order valence-corrected chi connectivity index (χ3v) is 6.45. The van der Waals surface area contributed by atoms with Crippen molar-refractivity contribution in [3.8, 4) is 5.75 Å². The van der Waals surface area contributed by atoms with E-state index in [9.17, 15) is 18.0 Å². The number of ether oxygens (including phenoxy) is 1. The third-order valence-electron chi connectivity index (χ3n) is 4.52. The maximum Gasteiger partial charge on any atom is 0.325 e. The lowest BCUT2D eigenvalue weighted by atomic mass is 10.2. The van der Waals surface area contributed by atoms with E-state index in [1.165, 1.54) is 29.1 Å². The van der Waals surface area contributed by atoms with E-state index < -0.39 is 27.9 Å².